The third-order valence-electron chi connectivity index (χ3n) is 4.34. The number of hydrogen-bond donors (Lipinski definition) is 0. The van der Waals surface area contributed by atoms with Crippen LogP contribution < -0.4 is 9.88 Å². The van der Waals surface area contributed by atoms with Gasteiger partial charge in [0.1, 0.15) is 6.20 Å². The van der Waals surface area contributed by atoms with E-state index in [9.17, 15) is 4.79 Å². The summed E-state index contributed by atoms with van der Waals surface area (Å²) in [6.45, 7) is 7.13. The van der Waals surface area contributed by atoms with E-state index in [2.05, 4.69) is 16.8 Å². The average Bonchev–Trinajstić information content (AvgIpc) is 2.55. The van der Waals surface area contributed by atoms with Gasteiger partial charge in [0.15, 0.2) is 0 Å². The summed E-state index contributed by atoms with van der Waals surface area (Å²) in [4.78, 5) is 19.9. The molecule has 2 aliphatic heterocycles. The second kappa shape index (κ2) is 6.43. The van der Waals surface area contributed by atoms with Crippen LogP contribution in [0.1, 0.15) is 30.1 Å². The first kappa shape index (κ1) is 14.3. The van der Waals surface area contributed by atoms with Gasteiger partial charge in [-0.3, -0.25) is 9.69 Å². The molecule has 1 aromatic heterocycles. The molecule has 2 saturated heterocycles. The molecule has 0 aliphatic carbocycles. The van der Waals surface area contributed by atoms with Crippen LogP contribution >= 0.6 is 0 Å². The summed E-state index contributed by atoms with van der Waals surface area (Å²) < 4.78 is 5.29. The molecular formula is C16H24N3O2+. The molecule has 21 heavy (non-hydrogen) atoms. The van der Waals surface area contributed by atoms with Gasteiger partial charge < -0.3 is 9.64 Å². The Morgan fingerprint density at radius 2 is 2.10 bits per heavy atom. The quantitative estimate of drug-likeness (QED) is 0.822. The number of H-pyrrole nitrogens is 1. The Bertz CT molecular complexity index is 483. The third kappa shape index (κ3) is 3.35. The molecule has 3 rings (SSSR count). The second-order valence-corrected chi connectivity index (χ2v) is 6.06. The second-order valence-electron chi connectivity index (χ2n) is 6.06. The first-order valence-electron chi connectivity index (χ1n) is 7.88. The number of nitrogens with one attached hydrogen (secondary N) is 1. The molecule has 0 unspecified atom stereocenters. The first-order valence-corrected chi connectivity index (χ1v) is 7.88. The molecule has 1 amide bonds. The molecule has 5 heteroatoms. The van der Waals surface area contributed by atoms with Crippen molar-refractivity contribution in [2.75, 3.05) is 44.3 Å². The molecule has 0 saturated carbocycles. The van der Waals surface area contributed by atoms with E-state index < -0.39 is 0 Å². The SMILES string of the molecule is C[C@H]1CCCN(c2ccc(C(=O)N3CCOCC3)c[nH+]2)C1. The number of rotatable bonds is 2. The lowest BCUT2D eigenvalue weighted by atomic mass is 10.0. The molecule has 1 atom stereocenters. The van der Waals surface area contributed by atoms with Crippen molar-refractivity contribution in [3.8, 4) is 0 Å². The maximum atomic E-state index is 12.4. The van der Waals surface area contributed by atoms with Crippen LogP contribution in [-0.2, 0) is 4.74 Å². The van der Waals surface area contributed by atoms with Gasteiger partial charge in [0.2, 0.25) is 0 Å². The Balaban J connectivity index is 1.67. The maximum absolute atomic E-state index is 12.4. The van der Waals surface area contributed by atoms with Gasteiger partial charge >= 0.3 is 0 Å². The van der Waals surface area contributed by atoms with Crippen molar-refractivity contribution in [1.82, 2.24) is 4.90 Å². The van der Waals surface area contributed by atoms with Crippen LogP contribution in [0.5, 0.6) is 0 Å². The molecule has 0 aromatic carbocycles. The van der Waals surface area contributed by atoms with Crippen LogP contribution in [0.2, 0.25) is 0 Å². The summed E-state index contributed by atoms with van der Waals surface area (Å²) in [7, 11) is 0. The summed E-state index contributed by atoms with van der Waals surface area (Å²) in [5.74, 6) is 1.94. The minimum atomic E-state index is 0.0908. The number of carbonyl (C=O) groups is 1. The number of carbonyl (C=O) groups excluding carboxylic acids is 1. The highest BCUT2D eigenvalue weighted by Gasteiger charge is 2.24. The molecule has 1 aromatic rings. The van der Waals surface area contributed by atoms with Gasteiger partial charge in [0, 0.05) is 19.2 Å². The van der Waals surface area contributed by atoms with Crippen molar-refractivity contribution in [3.63, 3.8) is 0 Å². The fourth-order valence-electron chi connectivity index (χ4n) is 3.10. The molecule has 2 fully saturated rings. The lowest BCUT2D eigenvalue weighted by Gasteiger charge is -2.27. The minimum Gasteiger partial charge on any atom is -0.378 e. The zero-order valence-corrected chi connectivity index (χ0v) is 12.7. The average molecular weight is 290 g/mol. The van der Waals surface area contributed by atoms with Gasteiger partial charge in [0.25, 0.3) is 11.7 Å². The fourth-order valence-corrected chi connectivity index (χ4v) is 3.10. The third-order valence-corrected chi connectivity index (χ3v) is 4.34. The van der Waals surface area contributed by atoms with Crippen LogP contribution in [0, 0.1) is 5.92 Å². The highest BCUT2D eigenvalue weighted by Crippen LogP contribution is 2.19. The standard InChI is InChI=1S/C16H23N3O2/c1-13-3-2-6-19(12-13)15-5-4-14(11-17-15)16(20)18-7-9-21-10-8-18/h4-5,11,13H,2-3,6-10,12H2,1H3/p+1/t13-/m0/s1. The summed E-state index contributed by atoms with van der Waals surface area (Å²) in [6, 6.07) is 3.97. The molecule has 114 valence electrons. The fraction of sp³-hybridized carbons (Fsp3) is 0.625. The number of hydrogen-bond acceptors (Lipinski definition) is 3. The first-order chi connectivity index (χ1) is 10.2. The van der Waals surface area contributed by atoms with Crippen LogP contribution in [0.4, 0.5) is 5.82 Å². The molecule has 3 heterocycles. The number of piperidine rings is 1. The maximum Gasteiger partial charge on any atom is 0.274 e. The topological polar surface area (TPSA) is 46.9 Å². The lowest BCUT2D eigenvalue weighted by Crippen LogP contribution is -2.41. The van der Waals surface area contributed by atoms with E-state index in [4.69, 9.17) is 4.74 Å². The number of pyridine rings is 1. The van der Waals surface area contributed by atoms with Crippen LogP contribution in [0.15, 0.2) is 18.3 Å². The zero-order valence-electron chi connectivity index (χ0n) is 12.7. The smallest absolute Gasteiger partial charge is 0.274 e. The van der Waals surface area contributed by atoms with Gasteiger partial charge in [-0.15, -0.1) is 0 Å². The summed E-state index contributed by atoms with van der Waals surface area (Å²) in [5, 5.41) is 0. The van der Waals surface area contributed by atoms with E-state index in [0.717, 1.165) is 30.4 Å². The van der Waals surface area contributed by atoms with Gasteiger partial charge in [-0.05, 0) is 24.8 Å². The molecule has 0 bridgehead atoms. The van der Waals surface area contributed by atoms with E-state index in [0.29, 0.717) is 26.3 Å². The number of nitrogens with zero attached hydrogens (tertiary/aromatic N) is 2. The van der Waals surface area contributed by atoms with E-state index >= 15 is 0 Å². The molecule has 5 nitrogen and oxygen atoms in total. The highest BCUT2D eigenvalue weighted by atomic mass is 16.5. The van der Waals surface area contributed by atoms with Crippen molar-refractivity contribution in [2.24, 2.45) is 5.92 Å². The Kier molecular flexibility index (Phi) is 4.39. The molecule has 0 radical (unpaired) electrons. The predicted octanol–water partition coefficient (Wildman–Crippen LogP) is 1.21. The summed E-state index contributed by atoms with van der Waals surface area (Å²) >= 11 is 0. The molecule has 0 spiro atoms. The normalized spacial score (nSPS) is 23.2. The van der Waals surface area contributed by atoms with Crippen molar-refractivity contribution in [1.29, 1.82) is 0 Å². The van der Waals surface area contributed by atoms with Gasteiger partial charge in [0.05, 0.1) is 31.9 Å². The molecule has 2 aliphatic rings. The Morgan fingerprint density at radius 3 is 2.76 bits per heavy atom. The summed E-state index contributed by atoms with van der Waals surface area (Å²) in [5.41, 5.74) is 0.728. The number of ether oxygens (including phenoxy) is 1. The van der Waals surface area contributed by atoms with Crippen molar-refractivity contribution in [2.45, 2.75) is 19.8 Å². The summed E-state index contributed by atoms with van der Waals surface area (Å²) in [6.07, 6.45) is 4.39. The monoisotopic (exact) mass is 290 g/mol. The number of amides is 1. The molecule has 1 N–H and O–H groups in total. The predicted molar refractivity (Wildman–Crippen MR) is 80.3 cm³/mol. The van der Waals surface area contributed by atoms with Crippen molar-refractivity contribution in [3.05, 3.63) is 23.9 Å². The van der Waals surface area contributed by atoms with Crippen LogP contribution in [0.25, 0.3) is 0 Å². The largest absolute Gasteiger partial charge is 0.378 e. The number of aromatic nitrogens is 1. The Hall–Kier alpha value is -1.62. The van der Waals surface area contributed by atoms with E-state index in [-0.39, 0.29) is 5.91 Å². The highest BCUT2D eigenvalue weighted by molar-refractivity contribution is 5.93. The Morgan fingerprint density at radius 1 is 1.29 bits per heavy atom. The zero-order chi connectivity index (χ0) is 14.7. The number of anilines is 1. The van der Waals surface area contributed by atoms with Gasteiger partial charge in [-0.2, -0.15) is 0 Å². The number of morpholine rings is 1. The van der Waals surface area contributed by atoms with E-state index in [1.807, 2.05) is 23.2 Å². The van der Waals surface area contributed by atoms with Gasteiger partial charge in [-0.1, -0.05) is 6.92 Å². The molecular weight excluding hydrogens is 266 g/mol. The van der Waals surface area contributed by atoms with E-state index in [1.54, 1.807) is 0 Å². The lowest BCUT2D eigenvalue weighted by molar-refractivity contribution is -0.364. The van der Waals surface area contributed by atoms with Crippen molar-refractivity contribution < 1.29 is 14.5 Å². The number of aromatic amines is 1. The minimum absolute atomic E-state index is 0.0908. The van der Waals surface area contributed by atoms with Crippen LogP contribution in [-0.4, -0.2) is 50.2 Å². The Labute approximate surface area is 125 Å². The van der Waals surface area contributed by atoms with Gasteiger partial charge in [-0.25, -0.2) is 4.98 Å². The van der Waals surface area contributed by atoms with E-state index in [1.165, 1.54) is 12.8 Å². The van der Waals surface area contributed by atoms with Crippen LogP contribution in [0.3, 0.4) is 0 Å². The van der Waals surface area contributed by atoms with Crippen molar-refractivity contribution >= 4 is 11.7 Å².